The minimum Gasteiger partial charge on any atom is -0.481 e. The molecule has 0 aliphatic carbocycles. The van der Waals surface area contributed by atoms with Crippen molar-refractivity contribution >= 4 is 29.8 Å². The van der Waals surface area contributed by atoms with Crippen LogP contribution in [0.3, 0.4) is 0 Å². The first-order valence-electron chi connectivity index (χ1n) is 5.88. The highest BCUT2D eigenvalue weighted by Gasteiger charge is 2.09. The fraction of sp³-hybridized carbons (Fsp3) is 0.167. The van der Waals surface area contributed by atoms with E-state index in [0.29, 0.717) is 0 Å². The zero-order chi connectivity index (χ0) is 15.1. The summed E-state index contributed by atoms with van der Waals surface area (Å²) in [5.41, 5.74) is 0.864. The van der Waals surface area contributed by atoms with Crippen molar-refractivity contribution in [3.05, 3.63) is 35.9 Å². The van der Waals surface area contributed by atoms with Crippen LogP contribution in [-0.4, -0.2) is 38.1 Å². The molecule has 0 saturated heterocycles. The molecule has 0 fully saturated rings. The summed E-state index contributed by atoms with van der Waals surface area (Å²) in [4.78, 5) is 25.8. The van der Waals surface area contributed by atoms with E-state index in [9.17, 15) is 9.59 Å². The molecule has 1 amide bonds. The fourth-order valence-electron chi connectivity index (χ4n) is 1.35. The number of aromatic amines is 1. The van der Waals surface area contributed by atoms with Gasteiger partial charge in [-0.3, -0.25) is 10.1 Å². The predicted molar refractivity (Wildman–Crippen MR) is 75.0 cm³/mol. The van der Waals surface area contributed by atoms with Crippen LogP contribution in [0.5, 0.6) is 0 Å². The first-order valence-corrected chi connectivity index (χ1v) is 6.87. The number of hydrogen-bond donors (Lipinski definition) is 3. The van der Waals surface area contributed by atoms with Gasteiger partial charge in [0.05, 0.1) is 5.75 Å². The van der Waals surface area contributed by atoms with Gasteiger partial charge < -0.3 is 9.84 Å². The van der Waals surface area contributed by atoms with Crippen LogP contribution in [0.1, 0.15) is 5.56 Å². The summed E-state index contributed by atoms with van der Waals surface area (Å²) in [6.07, 6.45) is -0.676. The van der Waals surface area contributed by atoms with Gasteiger partial charge in [-0.25, -0.2) is 9.89 Å². The normalized spacial score (nSPS) is 10.1. The van der Waals surface area contributed by atoms with E-state index in [1.165, 1.54) is 0 Å². The first kappa shape index (κ1) is 14.9. The number of aromatic nitrogens is 3. The fourth-order valence-corrected chi connectivity index (χ4v) is 1.87. The van der Waals surface area contributed by atoms with Crippen LogP contribution in [0.25, 0.3) is 0 Å². The van der Waals surface area contributed by atoms with Gasteiger partial charge in [0.25, 0.3) is 0 Å². The van der Waals surface area contributed by atoms with E-state index < -0.39 is 12.1 Å². The van der Waals surface area contributed by atoms with E-state index in [0.717, 1.165) is 17.3 Å². The molecule has 0 aliphatic heterocycles. The molecule has 0 bridgehead atoms. The van der Waals surface area contributed by atoms with Crippen molar-refractivity contribution in [2.45, 2.75) is 11.8 Å². The number of benzene rings is 1. The van der Waals surface area contributed by atoms with Gasteiger partial charge in [0, 0.05) is 0 Å². The van der Waals surface area contributed by atoms with Gasteiger partial charge >= 0.3 is 12.1 Å². The summed E-state index contributed by atoms with van der Waals surface area (Å²) in [6, 6.07) is 9.23. The Morgan fingerprint density at radius 1 is 1.33 bits per heavy atom. The Hall–Kier alpha value is -2.55. The van der Waals surface area contributed by atoms with E-state index in [-0.39, 0.29) is 23.5 Å². The molecule has 0 aliphatic rings. The summed E-state index contributed by atoms with van der Waals surface area (Å²) in [5.74, 6) is -1.03. The van der Waals surface area contributed by atoms with E-state index in [1.807, 2.05) is 30.3 Å². The van der Waals surface area contributed by atoms with Gasteiger partial charge in [-0.15, -0.1) is 5.10 Å². The number of carbonyl (C=O) groups is 2. The Bertz CT molecular complexity index is 617. The van der Waals surface area contributed by atoms with E-state index >= 15 is 0 Å². The largest absolute Gasteiger partial charge is 0.481 e. The smallest absolute Gasteiger partial charge is 0.414 e. The summed E-state index contributed by atoms with van der Waals surface area (Å²) in [5, 5.41) is 17.4. The number of carboxylic acid groups (broad SMARTS) is 1. The Kier molecular flexibility index (Phi) is 5.16. The van der Waals surface area contributed by atoms with Gasteiger partial charge in [0.1, 0.15) is 6.61 Å². The third-order valence-corrected chi connectivity index (χ3v) is 3.05. The molecule has 1 aromatic heterocycles. The van der Waals surface area contributed by atoms with Crippen LogP contribution in [0.15, 0.2) is 35.5 Å². The molecule has 2 aromatic rings. The number of nitrogens with one attached hydrogen (secondary N) is 2. The van der Waals surface area contributed by atoms with Crippen LogP contribution in [0.4, 0.5) is 10.7 Å². The zero-order valence-electron chi connectivity index (χ0n) is 10.8. The number of ether oxygens (including phenoxy) is 1. The molecule has 8 nitrogen and oxygen atoms in total. The van der Waals surface area contributed by atoms with Crippen LogP contribution in [0, 0.1) is 0 Å². The maximum absolute atomic E-state index is 11.5. The molecule has 0 unspecified atom stereocenters. The number of rotatable bonds is 6. The monoisotopic (exact) mass is 308 g/mol. The SMILES string of the molecule is O=C(O)CSc1n[nH]c(NC(=O)OCc2ccccc2)n1. The highest BCUT2D eigenvalue weighted by molar-refractivity contribution is 7.99. The maximum Gasteiger partial charge on any atom is 0.414 e. The molecular weight excluding hydrogens is 296 g/mol. The second-order valence-electron chi connectivity index (χ2n) is 3.84. The Morgan fingerprint density at radius 2 is 2.10 bits per heavy atom. The number of amides is 1. The van der Waals surface area contributed by atoms with Gasteiger partial charge in [-0.2, -0.15) is 4.98 Å². The van der Waals surface area contributed by atoms with E-state index in [2.05, 4.69) is 20.5 Å². The lowest BCUT2D eigenvalue weighted by atomic mass is 10.2. The number of thioether (sulfide) groups is 1. The number of aliphatic carboxylic acids is 1. The molecule has 110 valence electrons. The number of carbonyl (C=O) groups excluding carboxylic acids is 1. The average molecular weight is 308 g/mol. The molecule has 0 radical (unpaired) electrons. The summed E-state index contributed by atoms with van der Waals surface area (Å²) >= 11 is 0.942. The average Bonchev–Trinajstić information content (AvgIpc) is 2.91. The van der Waals surface area contributed by atoms with Crippen molar-refractivity contribution in [2.24, 2.45) is 0 Å². The van der Waals surface area contributed by atoms with Crippen molar-refractivity contribution in [1.82, 2.24) is 15.2 Å². The molecule has 2 rings (SSSR count). The molecule has 1 aromatic carbocycles. The van der Waals surface area contributed by atoms with Gasteiger partial charge in [-0.1, -0.05) is 42.1 Å². The number of hydrogen-bond acceptors (Lipinski definition) is 6. The van der Waals surface area contributed by atoms with Crippen molar-refractivity contribution in [2.75, 3.05) is 11.1 Å². The van der Waals surface area contributed by atoms with E-state index in [1.54, 1.807) is 0 Å². The third-order valence-electron chi connectivity index (χ3n) is 2.22. The predicted octanol–water partition coefficient (Wildman–Crippen LogP) is 1.73. The van der Waals surface area contributed by atoms with E-state index in [4.69, 9.17) is 9.84 Å². The standard InChI is InChI=1S/C12H12N4O4S/c17-9(18)7-21-11-13-10(15-16-11)14-12(19)20-6-8-4-2-1-3-5-8/h1-5H,6-7H2,(H,17,18)(H2,13,14,15,16,19). The lowest BCUT2D eigenvalue weighted by Crippen LogP contribution is -2.14. The molecule has 0 spiro atoms. The first-order chi connectivity index (χ1) is 10.1. The number of carboxylic acids is 1. The van der Waals surface area contributed by atoms with Crippen LogP contribution < -0.4 is 5.32 Å². The minimum absolute atomic E-state index is 0.0981. The highest BCUT2D eigenvalue weighted by atomic mass is 32.2. The number of H-pyrrole nitrogens is 1. The van der Waals surface area contributed by atoms with Gasteiger partial charge in [0.2, 0.25) is 11.1 Å². The lowest BCUT2D eigenvalue weighted by molar-refractivity contribution is -0.133. The summed E-state index contributed by atoms with van der Waals surface area (Å²) in [6.45, 7) is 0.140. The quantitative estimate of drug-likeness (QED) is 0.695. The highest BCUT2D eigenvalue weighted by Crippen LogP contribution is 2.13. The van der Waals surface area contributed by atoms with Crippen LogP contribution in [0.2, 0.25) is 0 Å². The minimum atomic E-state index is -0.971. The van der Waals surface area contributed by atoms with Crippen LogP contribution >= 0.6 is 11.8 Å². The van der Waals surface area contributed by atoms with Crippen LogP contribution in [-0.2, 0) is 16.1 Å². The number of anilines is 1. The van der Waals surface area contributed by atoms with Crippen molar-refractivity contribution < 1.29 is 19.4 Å². The van der Waals surface area contributed by atoms with Gasteiger partial charge in [0.15, 0.2) is 0 Å². The molecule has 1 heterocycles. The Morgan fingerprint density at radius 3 is 2.81 bits per heavy atom. The van der Waals surface area contributed by atoms with Crippen molar-refractivity contribution in [1.29, 1.82) is 0 Å². The molecule has 21 heavy (non-hydrogen) atoms. The van der Waals surface area contributed by atoms with Crippen molar-refractivity contribution in [3.8, 4) is 0 Å². The maximum atomic E-state index is 11.5. The second kappa shape index (κ2) is 7.29. The topological polar surface area (TPSA) is 117 Å². The second-order valence-corrected chi connectivity index (χ2v) is 4.78. The Labute approximate surface area is 123 Å². The molecule has 9 heteroatoms. The van der Waals surface area contributed by atoms with Crippen molar-refractivity contribution in [3.63, 3.8) is 0 Å². The zero-order valence-corrected chi connectivity index (χ0v) is 11.6. The Balaban J connectivity index is 1.78. The van der Waals surface area contributed by atoms with Gasteiger partial charge in [-0.05, 0) is 5.56 Å². The summed E-state index contributed by atoms with van der Waals surface area (Å²) < 4.78 is 5.00. The third kappa shape index (κ3) is 5.15. The molecular formula is C12H12N4O4S. The molecule has 0 atom stereocenters. The lowest BCUT2D eigenvalue weighted by Gasteiger charge is -2.04. The molecule has 3 N–H and O–H groups in total. The number of nitrogens with zero attached hydrogens (tertiary/aromatic N) is 2. The molecule has 0 saturated carbocycles. The summed E-state index contributed by atoms with van der Waals surface area (Å²) in [7, 11) is 0.